The predicted molar refractivity (Wildman–Crippen MR) is 114 cm³/mol. The number of nitrogen functional groups attached to an aromatic ring is 1. The number of hydrogen-bond acceptors (Lipinski definition) is 8. The lowest BCUT2D eigenvalue weighted by Gasteiger charge is -2.12. The number of nitrogens with zero attached hydrogens (tertiary/aromatic N) is 4. The van der Waals surface area contributed by atoms with E-state index in [0.717, 1.165) is 12.8 Å². The van der Waals surface area contributed by atoms with E-state index in [4.69, 9.17) is 5.73 Å². The van der Waals surface area contributed by atoms with Crippen LogP contribution in [0.4, 0.5) is 32.2 Å². The second-order valence-corrected chi connectivity index (χ2v) is 7.51. The summed E-state index contributed by atoms with van der Waals surface area (Å²) in [5.41, 5.74) is 6.94. The summed E-state index contributed by atoms with van der Waals surface area (Å²) in [6.45, 7) is -0.730. The van der Waals surface area contributed by atoms with Gasteiger partial charge >= 0.3 is 6.03 Å². The van der Waals surface area contributed by atoms with E-state index < -0.39 is 24.5 Å². The maximum Gasteiger partial charge on any atom is 0.330 e. The van der Waals surface area contributed by atoms with Crippen LogP contribution in [0.2, 0.25) is 0 Å². The van der Waals surface area contributed by atoms with Crippen LogP contribution in [0.5, 0.6) is 0 Å². The van der Waals surface area contributed by atoms with E-state index in [9.17, 15) is 19.1 Å². The lowest BCUT2D eigenvalue weighted by molar-refractivity contribution is -0.125. The summed E-state index contributed by atoms with van der Waals surface area (Å²) in [7, 11) is 0. The summed E-state index contributed by atoms with van der Waals surface area (Å²) in [5.74, 6) is -0.198. The Morgan fingerprint density at radius 2 is 2.12 bits per heavy atom. The van der Waals surface area contributed by atoms with Gasteiger partial charge in [-0.25, -0.2) is 19.1 Å². The number of amides is 3. The molecule has 2 aliphatic rings. The first-order chi connectivity index (χ1) is 15.4. The molecule has 0 atom stereocenters. The van der Waals surface area contributed by atoms with Gasteiger partial charge in [0, 0.05) is 23.4 Å². The number of fused-ring (bicyclic) bond motifs is 1. The van der Waals surface area contributed by atoms with Crippen LogP contribution < -0.4 is 21.7 Å². The number of anilines is 4. The van der Waals surface area contributed by atoms with Crippen LogP contribution in [0.1, 0.15) is 18.4 Å². The SMILES string of the molecule is Nc1ccc(Nc2cc(NC3CC3)n3ncc(/C=C4\NC(=O)N(CO)C4=O)c3n2)c(F)c1. The van der Waals surface area contributed by atoms with Gasteiger partial charge in [-0.3, -0.25) is 4.79 Å². The lowest BCUT2D eigenvalue weighted by atomic mass is 10.2. The van der Waals surface area contributed by atoms with Crippen molar-refractivity contribution < 1.29 is 19.1 Å². The second-order valence-electron chi connectivity index (χ2n) is 7.51. The minimum absolute atomic E-state index is 0.0135. The van der Waals surface area contributed by atoms with Crippen LogP contribution in [0.3, 0.4) is 0 Å². The number of aromatic nitrogens is 3. The largest absolute Gasteiger partial charge is 0.399 e. The van der Waals surface area contributed by atoms with Crippen LogP contribution in [0.25, 0.3) is 11.7 Å². The molecule has 3 amide bonds. The lowest BCUT2D eigenvalue weighted by Crippen LogP contribution is -2.31. The number of aliphatic hydroxyl groups excluding tert-OH is 1. The third kappa shape index (κ3) is 3.56. The van der Waals surface area contributed by atoms with E-state index >= 15 is 0 Å². The molecule has 1 aliphatic carbocycles. The second kappa shape index (κ2) is 7.50. The molecule has 11 nitrogen and oxygen atoms in total. The van der Waals surface area contributed by atoms with Crippen molar-refractivity contribution in [3.63, 3.8) is 0 Å². The van der Waals surface area contributed by atoms with Crippen molar-refractivity contribution in [2.45, 2.75) is 18.9 Å². The number of rotatable bonds is 6. The molecule has 3 aromatic rings. The topological polar surface area (TPSA) is 150 Å². The van der Waals surface area contributed by atoms with Gasteiger partial charge in [-0.2, -0.15) is 9.61 Å². The number of carbonyl (C=O) groups excluding carboxylic acids is 2. The Balaban J connectivity index is 1.56. The zero-order chi connectivity index (χ0) is 22.4. The minimum atomic E-state index is -0.730. The standard InChI is InChI=1S/C20H19FN8O3/c21-13-6-11(22)1-4-14(13)25-16-7-17(24-12-2-3-12)29-18(27-16)10(8-23-29)5-15-19(31)28(9-30)20(32)26-15/h1,4-8,12,24,30H,2-3,9,22H2,(H,25,27)(H,26,32)/b15-5-. The molecule has 2 aromatic heterocycles. The fourth-order valence-corrected chi connectivity index (χ4v) is 3.31. The summed E-state index contributed by atoms with van der Waals surface area (Å²) >= 11 is 0. The highest BCUT2D eigenvalue weighted by atomic mass is 19.1. The van der Waals surface area contributed by atoms with Crippen molar-refractivity contribution in [3.05, 3.63) is 47.5 Å². The van der Waals surface area contributed by atoms with Crippen LogP contribution in [-0.2, 0) is 4.79 Å². The van der Waals surface area contributed by atoms with E-state index in [2.05, 4.69) is 26.0 Å². The predicted octanol–water partition coefficient (Wildman–Crippen LogP) is 1.61. The first kappa shape index (κ1) is 19.8. The smallest absolute Gasteiger partial charge is 0.330 e. The number of imide groups is 1. The molecule has 32 heavy (non-hydrogen) atoms. The van der Waals surface area contributed by atoms with Crippen LogP contribution in [0.15, 0.2) is 36.2 Å². The highest BCUT2D eigenvalue weighted by Gasteiger charge is 2.33. The fraction of sp³-hybridized carbons (Fsp3) is 0.200. The zero-order valence-corrected chi connectivity index (χ0v) is 16.7. The van der Waals surface area contributed by atoms with E-state index in [0.29, 0.717) is 39.5 Å². The number of nitrogens with one attached hydrogen (secondary N) is 3. The Bertz CT molecular complexity index is 1280. The summed E-state index contributed by atoms with van der Waals surface area (Å²) < 4.78 is 15.9. The Morgan fingerprint density at radius 1 is 1.31 bits per heavy atom. The van der Waals surface area contributed by atoms with Gasteiger partial charge in [-0.05, 0) is 37.1 Å². The summed E-state index contributed by atoms with van der Waals surface area (Å²) in [6, 6.07) is 5.59. The van der Waals surface area contributed by atoms with Crippen molar-refractivity contribution >= 4 is 46.7 Å². The molecule has 0 radical (unpaired) electrons. The highest BCUT2D eigenvalue weighted by molar-refractivity contribution is 6.14. The molecule has 1 aliphatic heterocycles. The van der Waals surface area contributed by atoms with Gasteiger partial charge in [-0.15, -0.1) is 0 Å². The van der Waals surface area contributed by atoms with Crippen molar-refractivity contribution in [1.82, 2.24) is 24.8 Å². The maximum absolute atomic E-state index is 14.3. The Hall–Kier alpha value is -4.19. The van der Waals surface area contributed by atoms with E-state index in [1.54, 1.807) is 16.6 Å². The average Bonchev–Trinajstić information content (AvgIpc) is 3.41. The van der Waals surface area contributed by atoms with Crippen LogP contribution >= 0.6 is 0 Å². The Kier molecular flexibility index (Phi) is 4.63. The summed E-state index contributed by atoms with van der Waals surface area (Å²) in [6.07, 6.45) is 4.98. The molecule has 2 fully saturated rings. The number of nitrogens with two attached hydrogens (primary N) is 1. The Morgan fingerprint density at radius 3 is 2.81 bits per heavy atom. The molecule has 6 N–H and O–H groups in total. The number of benzene rings is 1. The third-order valence-corrected chi connectivity index (χ3v) is 5.09. The first-order valence-corrected chi connectivity index (χ1v) is 9.85. The molecular weight excluding hydrogens is 419 g/mol. The van der Waals surface area contributed by atoms with E-state index in [-0.39, 0.29) is 11.4 Å². The van der Waals surface area contributed by atoms with Gasteiger partial charge in [-0.1, -0.05) is 0 Å². The molecule has 1 saturated heterocycles. The Labute approximate surface area is 180 Å². The molecule has 0 bridgehead atoms. The monoisotopic (exact) mass is 438 g/mol. The number of urea groups is 1. The summed E-state index contributed by atoms with van der Waals surface area (Å²) in [5, 5.41) is 22.3. The fourth-order valence-electron chi connectivity index (χ4n) is 3.31. The molecule has 1 saturated carbocycles. The molecular formula is C20H19FN8O3. The van der Waals surface area contributed by atoms with Crippen molar-refractivity contribution in [1.29, 1.82) is 0 Å². The van der Waals surface area contributed by atoms with Gasteiger partial charge in [0.2, 0.25) is 0 Å². The van der Waals surface area contributed by atoms with Crippen LogP contribution in [-0.4, -0.2) is 49.3 Å². The van der Waals surface area contributed by atoms with Crippen molar-refractivity contribution in [3.8, 4) is 0 Å². The third-order valence-electron chi connectivity index (χ3n) is 5.09. The summed E-state index contributed by atoms with van der Waals surface area (Å²) in [4.78, 5) is 29.3. The van der Waals surface area contributed by atoms with Crippen LogP contribution in [0, 0.1) is 5.82 Å². The maximum atomic E-state index is 14.3. The van der Waals surface area contributed by atoms with Gasteiger partial charge < -0.3 is 26.8 Å². The normalized spacial score (nSPS) is 17.3. The molecule has 12 heteroatoms. The van der Waals surface area contributed by atoms with E-state index in [1.807, 2.05) is 0 Å². The molecule has 5 rings (SSSR count). The number of hydrogen-bond donors (Lipinski definition) is 5. The van der Waals surface area contributed by atoms with Crippen molar-refractivity contribution in [2.24, 2.45) is 0 Å². The van der Waals surface area contributed by atoms with Gasteiger partial charge in [0.05, 0.1) is 11.9 Å². The zero-order valence-electron chi connectivity index (χ0n) is 16.7. The average molecular weight is 438 g/mol. The molecule has 0 unspecified atom stereocenters. The van der Waals surface area contributed by atoms with E-state index in [1.165, 1.54) is 24.4 Å². The molecule has 1 aromatic carbocycles. The number of aliphatic hydroxyl groups is 1. The van der Waals surface area contributed by atoms with Gasteiger partial charge in [0.25, 0.3) is 5.91 Å². The van der Waals surface area contributed by atoms with Crippen molar-refractivity contribution in [2.75, 3.05) is 23.1 Å². The molecule has 0 spiro atoms. The quantitative estimate of drug-likeness (QED) is 0.221. The highest BCUT2D eigenvalue weighted by Crippen LogP contribution is 2.29. The molecule has 3 heterocycles. The first-order valence-electron chi connectivity index (χ1n) is 9.85. The number of carbonyl (C=O) groups is 2. The van der Waals surface area contributed by atoms with Gasteiger partial charge in [0.1, 0.15) is 29.9 Å². The minimum Gasteiger partial charge on any atom is -0.399 e. The van der Waals surface area contributed by atoms with Gasteiger partial charge in [0.15, 0.2) is 5.65 Å². The molecule has 164 valence electrons. The number of halogens is 1.